The average Bonchev–Trinajstić information content (AvgIpc) is 2.84. The summed E-state index contributed by atoms with van der Waals surface area (Å²) in [6.07, 6.45) is 1.01. The minimum atomic E-state index is 0.332. The molecule has 0 saturated carbocycles. The first-order valence-corrected chi connectivity index (χ1v) is 7.73. The number of hydrogen-bond acceptors (Lipinski definition) is 7. The first-order valence-electron chi connectivity index (χ1n) is 6.92. The maximum Gasteiger partial charge on any atom is 0.223 e. The summed E-state index contributed by atoms with van der Waals surface area (Å²) in [6, 6.07) is 2.16. The van der Waals surface area contributed by atoms with Crippen LogP contribution in [-0.4, -0.2) is 53.1 Å². The summed E-state index contributed by atoms with van der Waals surface area (Å²) in [5.74, 6) is 1.16. The number of piperazine rings is 1. The molecule has 2 aromatic rings. The van der Waals surface area contributed by atoms with Crippen LogP contribution in [0, 0.1) is 0 Å². The van der Waals surface area contributed by atoms with Crippen molar-refractivity contribution in [3.63, 3.8) is 0 Å². The predicted molar refractivity (Wildman–Crippen MR) is 83.9 cm³/mol. The number of likely N-dealkylation sites (N-methyl/N-ethyl adjacent to an activating group) is 1. The predicted octanol–water partition coefficient (Wildman–Crippen LogP) is 1.41. The van der Waals surface area contributed by atoms with Crippen LogP contribution in [0.25, 0.3) is 10.2 Å². The van der Waals surface area contributed by atoms with Gasteiger partial charge in [-0.25, -0.2) is 9.99 Å². The molecule has 0 radical (unpaired) electrons. The van der Waals surface area contributed by atoms with Crippen LogP contribution < -0.4 is 11.2 Å². The summed E-state index contributed by atoms with van der Waals surface area (Å²) in [5, 5.41) is 3.27. The summed E-state index contributed by atoms with van der Waals surface area (Å²) in [7, 11) is 2.14. The molecule has 6 nitrogen and oxygen atoms in total. The van der Waals surface area contributed by atoms with Gasteiger partial charge in [-0.2, -0.15) is 4.98 Å². The number of aromatic nitrogens is 2. The third-order valence-electron chi connectivity index (χ3n) is 3.58. The molecule has 0 aliphatic carbocycles. The number of thiophene rings is 1. The third-order valence-corrected chi connectivity index (χ3v) is 4.75. The van der Waals surface area contributed by atoms with Crippen molar-refractivity contribution in [2.75, 3.05) is 44.4 Å². The van der Waals surface area contributed by atoms with Gasteiger partial charge in [0.25, 0.3) is 0 Å². The molecule has 3 rings (SSSR count). The number of nitrogens with two attached hydrogens (primary N) is 1. The fourth-order valence-electron chi connectivity index (χ4n) is 2.32. The van der Waals surface area contributed by atoms with E-state index in [1.54, 1.807) is 11.3 Å². The highest BCUT2D eigenvalue weighted by molar-refractivity contribution is 7.18. The van der Waals surface area contributed by atoms with Gasteiger partial charge in [-0.3, -0.25) is 0 Å². The number of aryl methyl sites for hydroxylation is 1. The van der Waals surface area contributed by atoms with Gasteiger partial charge in [0, 0.05) is 31.1 Å². The SMILES string of the molecule is CCc1cc2c(NN3CCN(C)CC3)nc(N)nc2s1. The number of rotatable bonds is 3. The highest BCUT2D eigenvalue weighted by Crippen LogP contribution is 2.30. The Morgan fingerprint density at radius 3 is 2.75 bits per heavy atom. The largest absolute Gasteiger partial charge is 0.368 e. The molecule has 1 saturated heterocycles. The maximum absolute atomic E-state index is 5.82. The highest BCUT2D eigenvalue weighted by Gasteiger charge is 2.16. The van der Waals surface area contributed by atoms with Crippen molar-refractivity contribution in [1.29, 1.82) is 0 Å². The van der Waals surface area contributed by atoms with Gasteiger partial charge in [-0.1, -0.05) is 6.92 Å². The van der Waals surface area contributed by atoms with Crippen LogP contribution in [0.5, 0.6) is 0 Å². The Labute approximate surface area is 122 Å². The third kappa shape index (κ3) is 2.70. The second-order valence-electron chi connectivity index (χ2n) is 5.12. The van der Waals surface area contributed by atoms with Gasteiger partial charge in [0.05, 0.1) is 5.39 Å². The number of nitrogens with one attached hydrogen (secondary N) is 1. The molecule has 0 atom stereocenters. The van der Waals surface area contributed by atoms with Gasteiger partial charge in [0.1, 0.15) is 4.83 Å². The Hall–Kier alpha value is -1.44. The van der Waals surface area contributed by atoms with E-state index in [1.165, 1.54) is 4.88 Å². The number of hydrogen-bond donors (Lipinski definition) is 2. The van der Waals surface area contributed by atoms with E-state index in [0.29, 0.717) is 5.95 Å². The van der Waals surface area contributed by atoms with Gasteiger partial charge in [0.15, 0.2) is 5.82 Å². The lowest BCUT2D eigenvalue weighted by molar-refractivity contribution is 0.178. The van der Waals surface area contributed by atoms with Crippen molar-refractivity contribution >= 4 is 33.3 Å². The number of nitrogens with zero attached hydrogens (tertiary/aromatic N) is 4. The Morgan fingerprint density at radius 2 is 2.05 bits per heavy atom. The first-order chi connectivity index (χ1) is 9.65. The number of nitrogen functional groups attached to an aromatic ring is 1. The zero-order valence-electron chi connectivity index (χ0n) is 11.9. The number of anilines is 2. The van der Waals surface area contributed by atoms with E-state index in [9.17, 15) is 0 Å². The number of fused-ring (bicyclic) bond motifs is 1. The average molecular weight is 292 g/mol. The lowest BCUT2D eigenvalue weighted by Crippen LogP contribution is -2.47. The summed E-state index contributed by atoms with van der Waals surface area (Å²) in [4.78, 5) is 13.3. The van der Waals surface area contributed by atoms with Crippen LogP contribution in [0.4, 0.5) is 11.8 Å². The van der Waals surface area contributed by atoms with Crippen LogP contribution in [0.15, 0.2) is 6.07 Å². The molecule has 0 unspecified atom stereocenters. The maximum atomic E-state index is 5.82. The van der Waals surface area contributed by atoms with E-state index in [4.69, 9.17) is 5.73 Å². The van der Waals surface area contributed by atoms with Gasteiger partial charge in [-0.15, -0.1) is 11.3 Å². The lowest BCUT2D eigenvalue weighted by Gasteiger charge is -2.32. The van der Waals surface area contributed by atoms with Crippen LogP contribution in [0.2, 0.25) is 0 Å². The summed E-state index contributed by atoms with van der Waals surface area (Å²) in [6.45, 7) is 6.22. The van der Waals surface area contributed by atoms with Gasteiger partial charge in [0.2, 0.25) is 5.95 Å². The van der Waals surface area contributed by atoms with Crippen LogP contribution in [-0.2, 0) is 6.42 Å². The fraction of sp³-hybridized carbons (Fsp3) is 0.538. The second kappa shape index (κ2) is 5.51. The minimum Gasteiger partial charge on any atom is -0.368 e. The molecule has 0 spiro atoms. The molecule has 3 heterocycles. The van der Waals surface area contributed by atoms with E-state index < -0.39 is 0 Å². The van der Waals surface area contributed by atoms with Gasteiger partial charge >= 0.3 is 0 Å². The Balaban J connectivity index is 1.88. The van der Waals surface area contributed by atoms with Gasteiger partial charge in [-0.05, 0) is 19.5 Å². The minimum absolute atomic E-state index is 0.332. The molecule has 0 aromatic carbocycles. The lowest BCUT2D eigenvalue weighted by atomic mass is 10.3. The van der Waals surface area contributed by atoms with Crippen molar-refractivity contribution in [2.45, 2.75) is 13.3 Å². The second-order valence-corrected chi connectivity index (χ2v) is 6.23. The molecule has 108 valence electrons. The van der Waals surface area contributed by atoms with E-state index >= 15 is 0 Å². The van der Waals surface area contributed by atoms with Crippen LogP contribution in [0.3, 0.4) is 0 Å². The van der Waals surface area contributed by atoms with E-state index in [2.05, 4.69) is 45.3 Å². The number of hydrazine groups is 1. The molecule has 20 heavy (non-hydrogen) atoms. The first kappa shape index (κ1) is 13.5. The normalized spacial score (nSPS) is 17.7. The molecule has 1 aliphatic heterocycles. The Bertz CT molecular complexity index is 602. The van der Waals surface area contributed by atoms with Crippen molar-refractivity contribution < 1.29 is 0 Å². The van der Waals surface area contributed by atoms with Crippen molar-refractivity contribution in [3.05, 3.63) is 10.9 Å². The molecule has 7 heteroatoms. The molecule has 1 fully saturated rings. The molecule has 3 N–H and O–H groups in total. The standard InChI is InChI=1S/C13H20N6S/c1-3-9-8-10-11(15-13(14)16-12(10)20-9)17-19-6-4-18(2)5-7-19/h8H,3-7H2,1-2H3,(H3,14,15,16,17). The molecule has 1 aliphatic rings. The van der Waals surface area contributed by atoms with Crippen LogP contribution >= 0.6 is 11.3 Å². The zero-order valence-corrected chi connectivity index (χ0v) is 12.7. The smallest absolute Gasteiger partial charge is 0.223 e. The Morgan fingerprint density at radius 1 is 1.30 bits per heavy atom. The monoisotopic (exact) mass is 292 g/mol. The molecule has 2 aromatic heterocycles. The zero-order chi connectivity index (χ0) is 14.1. The van der Waals surface area contributed by atoms with E-state index in [0.717, 1.165) is 48.6 Å². The van der Waals surface area contributed by atoms with E-state index in [1.807, 2.05) is 0 Å². The van der Waals surface area contributed by atoms with Crippen molar-refractivity contribution in [3.8, 4) is 0 Å². The summed E-state index contributed by atoms with van der Waals surface area (Å²) >= 11 is 1.69. The summed E-state index contributed by atoms with van der Waals surface area (Å²) in [5.41, 5.74) is 9.23. The molecule has 0 amide bonds. The van der Waals surface area contributed by atoms with E-state index in [-0.39, 0.29) is 0 Å². The summed E-state index contributed by atoms with van der Waals surface area (Å²) < 4.78 is 0. The van der Waals surface area contributed by atoms with Crippen molar-refractivity contribution in [2.24, 2.45) is 0 Å². The molecular formula is C13H20N6S. The fourth-order valence-corrected chi connectivity index (χ4v) is 3.29. The topological polar surface area (TPSA) is 70.3 Å². The molecule has 0 bridgehead atoms. The van der Waals surface area contributed by atoms with Crippen LogP contribution in [0.1, 0.15) is 11.8 Å². The molecular weight excluding hydrogens is 272 g/mol. The highest BCUT2D eigenvalue weighted by atomic mass is 32.1. The quantitative estimate of drug-likeness (QED) is 0.891. The Kier molecular flexibility index (Phi) is 3.73. The van der Waals surface area contributed by atoms with Gasteiger partial charge < -0.3 is 16.1 Å². The van der Waals surface area contributed by atoms with Crippen molar-refractivity contribution in [1.82, 2.24) is 19.9 Å².